The van der Waals surface area contributed by atoms with E-state index in [2.05, 4.69) is 53.0 Å². The molecule has 4 rings (SSSR count). The van der Waals surface area contributed by atoms with Crippen LogP contribution in [-0.2, 0) is 12.0 Å². The Balaban J connectivity index is 1.51. The third-order valence-corrected chi connectivity index (χ3v) is 5.26. The summed E-state index contributed by atoms with van der Waals surface area (Å²) < 4.78 is 24.5. The van der Waals surface area contributed by atoms with Crippen LogP contribution in [0.4, 0.5) is 4.39 Å². The van der Waals surface area contributed by atoms with Gasteiger partial charge < -0.3 is 9.26 Å². The van der Waals surface area contributed by atoms with Crippen LogP contribution in [0.25, 0.3) is 22.8 Å². The van der Waals surface area contributed by atoms with Crippen LogP contribution in [0.15, 0.2) is 53.1 Å². The van der Waals surface area contributed by atoms with Gasteiger partial charge in [0.15, 0.2) is 12.4 Å². The van der Waals surface area contributed by atoms with Gasteiger partial charge in [0.25, 0.3) is 5.89 Å². The van der Waals surface area contributed by atoms with E-state index in [1.807, 2.05) is 26.0 Å². The number of benzene rings is 2. The minimum atomic E-state index is -0.311. The van der Waals surface area contributed by atoms with Gasteiger partial charge in [-0.2, -0.15) is 9.97 Å². The van der Waals surface area contributed by atoms with E-state index < -0.39 is 0 Å². The van der Waals surface area contributed by atoms with Crippen LogP contribution in [0.3, 0.4) is 0 Å². The maximum Gasteiger partial charge on any atom is 0.264 e. The normalized spacial score (nSPS) is 11.6. The molecule has 0 N–H and O–H groups in total. The van der Waals surface area contributed by atoms with E-state index in [0.29, 0.717) is 29.0 Å². The molecule has 6 nitrogen and oxygen atoms in total. The highest BCUT2D eigenvalue weighted by atomic mass is 19.1. The molecule has 0 fully saturated rings. The zero-order valence-electron chi connectivity index (χ0n) is 18.8. The first-order valence-electron chi connectivity index (χ1n) is 10.4. The Labute approximate surface area is 186 Å². The molecular weight excluding hydrogens is 407 g/mol. The van der Waals surface area contributed by atoms with Gasteiger partial charge >= 0.3 is 0 Å². The van der Waals surface area contributed by atoms with Crippen molar-refractivity contribution in [2.75, 3.05) is 0 Å². The van der Waals surface area contributed by atoms with Crippen molar-refractivity contribution in [1.82, 2.24) is 20.1 Å². The van der Waals surface area contributed by atoms with Crippen LogP contribution < -0.4 is 4.74 Å². The highest BCUT2D eigenvalue weighted by Gasteiger charge is 2.16. The maximum absolute atomic E-state index is 13.2. The molecule has 7 heteroatoms. The smallest absolute Gasteiger partial charge is 0.264 e. The minimum Gasteiger partial charge on any atom is -0.467 e. The Morgan fingerprint density at radius 3 is 2.12 bits per heavy atom. The summed E-state index contributed by atoms with van der Waals surface area (Å²) in [7, 11) is 0. The molecule has 0 aliphatic rings. The second-order valence-electron chi connectivity index (χ2n) is 8.70. The van der Waals surface area contributed by atoms with E-state index in [4.69, 9.17) is 9.26 Å². The lowest BCUT2D eigenvalue weighted by atomic mass is 9.87. The van der Waals surface area contributed by atoms with E-state index in [1.54, 1.807) is 12.1 Å². The highest BCUT2D eigenvalue weighted by molar-refractivity contribution is 5.56. The molecule has 4 aromatic rings. The first-order valence-corrected chi connectivity index (χ1v) is 10.4. The molecule has 164 valence electrons. The minimum absolute atomic E-state index is 0.0766. The average molecular weight is 432 g/mol. The fraction of sp³-hybridized carbons (Fsp3) is 0.280. The zero-order valence-corrected chi connectivity index (χ0v) is 18.8. The Bertz CT molecular complexity index is 1230. The van der Waals surface area contributed by atoms with Gasteiger partial charge in [0, 0.05) is 22.4 Å². The van der Waals surface area contributed by atoms with Crippen molar-refractivity contribution in [3.05, 3.63) is 77.1 Å². The molecule has 2 aromatic carbocycles. The van der Waals surface area contributed by atoms with Crippen molar-refractivity contribution in [3.8, 4) is 28.7 Å². The summed E-state index contributed by atoms with van der Waals surface area (Å²) >= 11 is 0. The van der Waals surface area contributed by atoms with Crippen molar-refractivity contribution in [3.63, 3.8) is 0 Å². The van der Waals surface area contributed by atoms with Gasteiger partial charge in [-0.25, -0.2) is 9.37 Å². The molecule has 0 radical (unpaired) electrons. The summed E-state index contributed by atoms with van der Waals surface area (Å²) in [5.41, 5.74) is 4.49. The first-order chi connectivity index (χ1) is 15.2. The Morgan fingerprint density at radius 2 is 1.47 bits per heavy atom. The SMILES string of the molecule is Cc1nc(-c2ccc(F)cc2)nc(OCc2nc(-c3ccc(C(C)(C)C)cc3)no2)c1C. The van der Waals surface area contributed by atoms with Crippen molar-refractivity contribution < 1.29 is 13.7 Å². The van der Waals surface area contributed by atoms with Gasteiger partial charge in [-0.3, -0.25) is 0 Å². The molecule has 2 heterocycles. The summed E-state index contributed by atoms with van der Waals surface area (Å²) in [6.45, 7) is 10.4. The van der Waals surface area contributed by atoms with Gasteiger partial charge in [-0.1, -0.05) is 50.2 Å². The van der Waals surface area contributed by atoms with E-state index in [-0.39, 0.29) is 17.8 Å². The summed E-state index contributed by atoms with van der Waals surface area (Å²) in [5, 5.41) is 4.07. The lowest BCUT2D eigenvalue weighted by Gasteiger charge is -2.18. The second-order valence-corrected chi connectivity index (χ2v) is 8.70. The molecule has 2 aromatic heterocycles. The number of rotatable bonds is 5. The molecule has 32 heavy (non-hydrogen) atoms. The lowest BCUT2D eigenvalue weighted by molar-refractivity contribution is 0.234. The van der Waals surface area contributed by atoms with E-state index in [0.717, 1.165) is 16.8 Å². The molecule has 0 saturated carbocycles. The van der Waals surface area contributed by atoms with Crippen molar-refractivity contribution >= 4 is 0 Å². The van der Waals surface area contributed by atoms with E-state index >= 15 is 0 Å². The molecule has 0 amide bonds. The van der Waals surface area contributed by atoms with Crippen molar-refractivity contribution in [2.45, 2.75) is 46.6 Å². The standard InChI is InChI=1S/C25H25FN4O2/c1-15-16(2)27-22(17-8-12-20(26)13-9-17)29-24(15)31-14-21-28-23(30-32-21)18-6-10-19(11-7-18)25(3,4)5/h6-13H,14H2,1-5H3. The number of nitrogens with zero attached hydrogens (tertiary/aromatic N) is 4. The third kappa shape index (κ3) is 4.66. The summed E-state index contributed by atoms with van der Waals surface area (Å²) in [5.74, 6) is 1.43. The van der Waals surface area contributed by atoms with Crippen LogP contribution in [0.5, 0.6) is 5.88 Å². The summed E-state index contributed by atoms with van der Waals surface area (Å²) in [6, 6.07) is 14.2. The Kier molecular flexibility index (Phi) is 5.74. The van der Waals surface area contributed by atoms with Crippen molar-refractivity contribution in [2.24, 2.45) is 0 Å². The number of aryl methyl sites for hydroxylation is 1. The van der Waals surface area contributed by atoms with Crippen LogP contribution in [-0.4, -0.2) is 20.1 Å². The van der Waals surface area contributed by atoms with E-state index in [9.17, 15) is 4.39 Å². The molecule has 0 bridgehead atoms. The second kappa shape index (κ2) is 8.49. The van der Waals surface area contributed by atoms with Crippen LogP contribution in [0, 0.1) is 19.7 Å². The Hall–Kier alpha value is -3.61. The fourth-order valence-corrected chi connectivity index (χ4v) is 3.15. The summed E-state index contributed by atoms with van der Waals surface area (Å²) in [6.07, 6.45) is 0. The van der Waals surface area contributed by atoms with Crippen LogP contribution in [0.2, 0.25) is 0 Å². The van der Waals surface area contributed by atoms with E-state index in [1.165, 1.54) is 17.7 Å². The lowest BCUT2D eigenvalue weighted by Crippen LogP contribution is -2.10. The van der Waals surface area contributed by atoms with Gasteiger partial charge in [0.05, 0.1) is 0 Å². The largest absolute Gasteiger partial charge is 0.467 e. The maximum atomic E-state index is 13.2. The number of aromatic nitrogens is 4. The molecule has 0 aliphatic heterocycles. The monoisotopic (exact) mass is 432 g/mol. The predicted molar refractivity (Wildman–Crippen MR) is 120 cm³/mol. The zero-order chi connectivity index (χ0) is 22.9. The van der Waals surface area contributed by atoms with Gasteiger partial charge in [-0.05, 0) is 49.1 Å². The van der Waals surface area contributed by atoms with Crippen LogP contribution in [0.1, 0.15) is 43.5 Å². The van der Waals surface area contributed by atoms with Crippen LogP contribution >= 0.6 is 0 Å². The van der Waals surface area contributed by atoms with Gasteiger partial charge in [-0.15, -0.1) is 0 Å². The Morgan fingerprint density at radius 1 is 0.844 bits per heavy atom. The summed E-state index contributed by atoms with van der Waals surface area (Å²) in [4.78, 5) is 13.4. The first kappa shape index (κ1) is 21.6. The van der Waals surface area contributed by atoms with Gasteiger partial charge in [0.1, 0.15) is 5.82 Å². The molecule has 0 saturated heterocycles. The third-order valence-electron chi connectivity index (χ3n) is 5.26. The topological polar surface area (TPSA) is 73.9 Å². The molecule has 0 atom stereocenters. The number of halogens is 1. The number of hydrogen-bond acceptors (Lipinski definition) is 6. The quantitative estimate of drug-likeness (QED) is 0.395. The fourth-order valence-electron chi connectivity index (χ4n) is 3.15. The average Bonchev–Trinajstić information content (AvgIpc) is 3.24. The highest BCUT2D eigenvalue weighted by Crippen LogP contribution is 2.26. The molecular formula is C25H25FN4O2. The number of hydrogen-bond donors (Lipinski definition) is 0. The van der Waals surface area contributed by atoms with Gasteiger partial charge in [0.2, 0.25) is 11.7 Å². The molecule has 0 aliphatic carbocycles. The molecule has 0 spiro atoms. The molecule has 0 unspecified atom stereocenters. The number of ether oxygens (including phenoxy) is 1. The predicted octanol–water partition coefficient (Wildman–Crippen LogP) is 5.83. The van der Waals surface area contributed by atoms with Crippen molar-refractivity contribution in [1.29, 1.82) is 0 Å².